The zero-order valence-corrected chi connectivity index (χ0v) is 7.90. The van der Waals surface area contributed by atoms with E-state index >= 15 is 0 Å². The molecule has 0 aliphatic rings. The second kappa shape index (κ2) is 3.71. The predicted octanol–water partition coefficient (Wildman–Crippen LogP) is 2.50. The van der Waals surface area contributed by atoms with Gasteiger partial charge in [-0.3, -0.25) is 0 Å². The zero-order chi connectivity index (χ0) is 10.0. The first kappa shape index (κ1) is 9.93. The lowest BCUT2D eigenvalue weighted by Gasteiger charge is -2.04. The van der Waals surface area contributed by atoms with Gasteiger partial charge in [0, 0.05) is 5.56 Å². The minimum absolute atomic E-state index is 0.104. The van der Waals surface area contributed by atoms with E-state index < -0.39 is 17.4 Å². The lowest BCUT2D eigenvalue weighted by atomic mass is 10.1. The first-order chi connectivity index (χ1) is 6.07. The summed E-state index contributed by atoms with van der Waals surface area (Å²) in [6, 6.07) is 2.44. The number of hydrogen-bond donors (Lipinski definition) is 1. The summed E-state index contributed by atoms with van der Waals surface area (Å²) >= 11 is 2.77. The van der Waals surface area contributed by atoms with Crippen LogP contribution in [-0.2, 0) is 6.42 Å². The van der Waals surface area contributed by atoms with E-state index in [1.165, 1.54) is 0 Å². The minimum Gasteiger partial charge on any atom is -0.505 e. The molecule has 0 spiro atoms. The maximum atomic E-state index is 13.1. The zero-order valence-electron chi connectivity index (χ0n) is 6.31. The Hall–Kier alpha value is -1.15. The van der Waals surface area contributed by atoms with Gasteiger partial charge < -0.3 is 5.11 Å². The molecule has 0 aliphatic heterocycles. The smallest absolute Gasteiger partial charge is 0.166 e. The van der Waals surface area contributed by atoms with Crippen LogP contribution in [0.4, 0.5) is 8.78 Å². The Labute approximate surface area is 81.5 Å². The summed E-state index contributed by atoms with van der Waals surface area (Å²) in [5, 5.41) is 17.3. The molecule has 0 unspecified atom stereocenters. The van der Waals surface area contributed by atoms with E-state index in [0.717, 1.165) is 6.07 Å². The van der Waals surface area contributed by atoms with Gasteiger partial charge in [0.25, 0.3) is 0 Å². The Morgan fingerprint density at radius 3 is 2.69 bits per heavy atom. The number of nitrogens with zero attached hydrogens (tertiary/aromatic N) is 1. The molecule has 0 radical (unpaired) electrons. The van der Waals surface area contributed by atoms with E-state index in [9.17, 15) is 8.78 Å². The molecular formula is C8H4BrF2NO. The normalized spacial score (nSPS) is 9.69. The van der Waals surface area contributed by atoms with Crippen LogP contribution in [0.5, 0.6) is 5.75 Å². The number of hydrogen-bond acceptors (Lipinski definition) is 2. The third-order valence-corrected chi connectivity index (χ3v) is 2.07. The Morgan fingerprint density at radius 2 is 2.15 bits per heavy atom. The van der Waals surface area contributed by atoms with Gasteiger partial charge in [-0.15, -0.1) is 0 Å². The quantitative estimate of drug-likeness (QED) is 0.776. The first-order valence-corrected chi connectivity index (χ1v) is 4.09. The Balaban J connectivity index is 3.39. The number of nitriles is 1. The van der Waals surface area contributed by atoms with E-state index in [4.69, 9.17) is 10.4 Å². The summed E-state index contributed by atoms with van der Waals surface area (Å²) in [4.78, 5) is 0. The van der Waals surface area contributed by atoms with Gasteiger partial charge in [-0.05, 0) is 22.0 Å². The van der Waals surface area contributed by atoms with Crippen LogP contribution in [0.25, 0.3) is 0 Å². The fraction of sp³-hybridized carbons (Fsp3) is 0.125. The van der Waals surface area contributed by atoms with Gasteiger partial charge >= 0.3 is 0 Å². The molecule has 1 aromatic rings. The molecule has 0 atom stereocenters. The summed E-state index contributed by atoms with van der Waals surface area (Å²) in [6.07, 6.45) is -0.367. The lowest BCUT2D eigenvalue weighted by molar-refractivity contribution is 0.418. The molecule has 0 saturated heterocycles. The molecule has 0 aromatic heterocycles. The third-order valence-electron chi connectivity index (χ3n) is 1.50. The van der Waals surface area contributed by atoms with Crippen molar-refractivity contribution in [2.45, 2.75) is 6.42 Å². The predicted molar refractivity (Wildman–Crippen MR) is 45.0 cm³/mol. The molecule has 0 bridgehead atoms. The van der Waals surface area contributed by atoms with Gasteiger partial charge in [0.2, 0.25) is 0 Å². The van der Waals surface area contributed by atoms with Crippen molar-refractivity contribution in [3.8, 4) is 11.8 Å². The van der Waals surface area contributed by atoms with Crippen LogP contribution in [0.1, 0.15) is 5.56 Å². The van der Waals surface area contributed by atoms with Gasteiger partial charge in [-0.2, -0.15) is 5.26 Å². The molecule has 13 heavy (non-hydrogen) atoms. The molecule has 0 aliphatic carbocycles. The van der Waals surface area contributed by atoms with Crippen LogP contribution in [-0.4, -0.2) is 5.11 Å². The second-order valence-corrected chi connectivity index (χ2v) is 3.17. The minimum atomic E-state index is -0.946. The average molecular weight is 248 g/mol. The van der Waals surface area contributed by atoms with Crippen LogP contribution in [0.3, 0.4) is 0 Å². The van der Waals surface area contributed by atoms with Crippen LogP contribution in [0.2, 0.25) is 0 Å². The molecule has 0 fully saturated rings. The van der Waals surface area contributed by atoms with Gasteiger partial charge in [0.1, 0.15) is 5.82 Å². The van der Waals surface area contributed by atoms with Crippen molar-refractivity contribution in [3.05, 3.63) is 27.7 Å². The monoisotopic (exact) mass is 247 g/mol. The summed E-state index contributed by atoms with van der Waals surface area (Å²) < 4.78 is 25.8. The fourth-order valence-electron chi connectivity index (χ4n) is 0.876. The number of halogens is 3. The van der Waals surface area contributed by atoms with Gasteiger partial charge in [-0.1, -0.05) is 0 Å². The largest absolute Gasteiger partial charge is 0.505 e. The summed E-state index contributed by atoms with van der Waals surface area (Å²) in [5.74, 6) is -2.55. The van der Waals surface area contributed by atoms with Crippen LogP contribution >= 0.6 is 15.9 Å². The topological polar surface area (TPSA) is 44.0 Å². The molecule has 0 saturated carbocycles. The van der Waals surface area contributed by atoms with Gasteiger partial charge in [-0.25, -0.2) is 8.78 Å². The SMILES string of the molecule is N#CCc1c(O)c(F)cc(Br)c1F. The van der Waals surface area contributed by atoms with E-state index in [1.807, 2.05) is 0 Å². The van der Waals surface area contributed by atoms with Crippen LogP contribution in [0.15, 0.2) is 10.5 Å². The van der Waals surface area contributed by atoms with Gasteiger partial charge in [0.15, 0.2) is 11.6 Å². The highest BCUT2D eigenvalue weighted by Gasteiger charge is 2.16. The second-order valence-electron chi connectivity index (χ2n) is 2.32. The highest BCUT2D eigenvalue weighted by atomic mass is 79.9. The Bertz CT molecular complexity index is 360. The standard InChI is InChI=1S/C8H4BrF2NO/c9-5-3-6(10)8(13)4(1-2-12)7(5)11/h3,13H,1H2. The van der Waals surface area contributed by atoms with Crippen molar-refractivity contribution in [2.75, 3.05) is 0 Å². The maximum Gasteiger partial charge on any atom is 0.166 e. The molecule has 2 nitrogen and oxygen atoms in total. The number of phenols is 1. The van der Waals surface area contributed by atoms with E-state index in [1.54, 1.807) is 6.07 Å². The number of phenolic OH excluding ortho intramolecular Hbond substituents is 1. The van der Waals surface area contributed by atoms with E-state index in [2.05, 4.69) is 15.9 Å². The van der Waals surface area contributed by atoms with Gasteiger partial charge in [0.05, 0.1) is 17.0 Å². The highest BCUT2D eigenvalue weighted by molar-refractivity contribution is 9.10. The number of benzene rings is 1. The van der Waals surface area contributed by atoms with E-state index in [-0.39, 0.29) is 16.5 Å². The van der Waals surface area contributed by atoms with Crippen molar-refractivity contribution >= 4 is 15.9 Å². The van der Waals surface area contributed by atoms with Crippen molar-refractivity contribution < 1.29 is 13.9 Å². The van der Waals surface area contributed by atoms with Crippen molar-refractivity contribution in [1.29, 1.82) is 5.26 Å². The van der Waals surface area contributed by atoms with Crippen molar-refractivity contribution in [2.24, 2.45) is 0 Å². The van der Waals surface area contributed by atoms with Crippen LogP contribution in [0, 0.1) is 23.0 Å². The maximum absolute atomic E-state index is 13.1. The fourth-order valence-corrected chi connectivity index (χ4v) is 1.32. The third kappa shape index (κ3) is 1.78. The van der Waals surface area contributed by atoms with Crippen LogP contribution < -0.4 is 0 Å². The Kier molecular flexibility index (Phi) is 2.83. The molecule has 0 amide bonds. The van der Waals surface area contributed by atoms with E-state index in [0.29, 0.717) is 0 Å². The molecule has 68 valence electrons. The summed E-state index contributed by atoms with van der Waals surface area (Å²) in [6.45, 7) is 0. The molecule has 1 N–H and O–H groups in total. The van der Waals surface area contributed by atoms with Crippen molar-refractivity contribution in [3.63, 3.8) is 0 Å². The number of aromatic hydroxyl groups is 1. The lowest BCUT2D eigenvalue weighted by Crippen LogP contribution is -1.94. The molecule has 1 aromatic carbocycles. The summed E-state index contributed by atoms with van der Waals surface area (Å²) in [7, 11) is 0. The highest BCUT2D eigenvalue weighted by Crippen LogP contribution is 2.30. The first-order valence-electron chi connectivity index (χ1n) is 3.30. The Morgan fingerprint density at radius 1 is 1.54 bits per heavy atom. The molecule has 0 heterocycles. The average Bonchev–Trinajstić information content (AvgIpc) is 2.09. The number of rotatable bonds is 1. The summed E-state index contributed by atoms with van der Waals surface area (Å²) in [5.41, 5.74) is -0.325. The molecular weight excluding hydrogens is 244 g/mol. The molecule has 5 heteroatoms. The van der Waals surface area contributed by atoms with Crippen molar-refractivity contribution in [1.82, 2.24) is 0 Å². The molecule has 1 rings (SSSR count).